The van der Waals surface area contributed by atoms with Gasteiger partial charge in [-0.05, 0) is 70.1 Å². The molecule has 0 radical (unpaired) electrons. The van der Waals surface area contributed by atoms with Gasteiger partial charge in [-0.15, -0.1) is 11.3 Å². The summed E-state index contributed by atoms with van der Waals surface area (Å²) in [7, 11) is 2.15. The number of fused-ring (bicyclic) bond motifs is 1. The van der Waals surface area contributed by atoms with Crippen LogP contribution < -0.4 is 5.56 Å². The minimum absolute atomic E-state index is 0.111. The highest BCUT2D eigenvalue weighted by molar-refractivity contribution is 7.19. The van der Waals surface area contributed by atoms with E-state index in [0.717, 1.165) is 68.6 Å². The SMILES string of the molecule is Cc1cc(-c2c(C)sc3nc(C(C)C)n(C4CCN(C)CC4)c(=O)c23)ccc1Cl. The average Bonchev–Trinajstić information content (AvgIpc) is 3.01. The predicted octanol–water partition coefficient (Wildman–Crippen LogP) is 5.79. The van der Waals surface area contributed by atoms with Crippen molar-refractivity contribution in [3.63, 3.8) is 0 Å². The quantitative estimate of drug-likeness (QED) is 0.529. The van der Waals surface area contributed by atoms with Crippen LogP contribution >= 0.6 is 22.9 Å². The highest BCUT2D eigenvalue weighted by Crippen LogP contribution is 2.38. The van der Waals surface area contributed by atoms with E-state index in [2.05, 4.69) is 38.8 Å². The molecule has 2 aromatic heterocycles. The van der Waals surface area contributed by atoms with Gasteiger partial charge in [0.2, 0.25) is 0 Å². The topological polar surface area (TPSA) is 38.1 Å². The lowest BCUT2D eigenvalue weighted by atomic mass is 10.0. The fraction of sp³-hybridized carbons (Fsp3) is 0.478. The molecule has 1 saturated heterocycles. The molecular formula is C23H28ClN3OS. The van der Waals surface area contributed by atoms with Crippen molar-refractivity contribution in [2.24, 2.45) is 0 Å². The van der Waals surface area contributed by atoms with Gasteiger partial charge < -0.3 is 4.90 Å². The van der Waals surface area contributed by atoms with Crippen molar-refractivity contribution in [3.8, 4) is 11.1 Å². The van der Waals surface area contributed by atoms with E-state index in [1.54, 1.807) is 11.3 Å². The highest BCUT2D eigenvalue weighted by Gasteiger charge is 2.27. The van der Waals surface area contributed by atoms with Gasteiger partial charge in [-0.25, -0.2) is 4.98 Å². The number of nitrogens with zero attached hydrogens (tertiary/aromatic N) is 3. The standard InChI is InChI=1S/C23H28ClN3OS/c1-13(2)21-25-22-20(23(28)27(21)17-8-10-26(5)11-9-17)19(15(4)29-22)16-6-7-18(24)14(3)12-16/h6-7,12-13,17H,8-11H2,1-5H3. The number of hydrogen-bond donors (Lipinski definition) is 0. The zero-order valence-corrected chi connectivity index (χ0v) is 19.3. The monoisotopic (exact) mass is 429 g/mol. The Labute approximate surface area is 181 Å². The number of piperidine rings is 1. The molecule has 0 atom stereocenters. The van der Waals surface area contributed by atoms with Crippen LogP contribution in [0.3, 0.4) is 0 Å². The molecule has 0 bridgehead atoms. The van der Waals surface area contributed by atoms with E-state index in [0.29, 0.717) is 0 Å². The largest absolute Gasteiger partial charge is 0.306 e. The Morgan fingerprint density at radius 3 is 2.52 bits per heavy atom. The molecule has 0 amide bonds. The molecule has 0 spiro atoms. The van der Waals surface area contributed by atoms with Crippen LogP contribution in [0, 0.1) is 13.8 Å². The van der Waals surface area contributed by atoms with Crippen molar-refractivity contribution in [3.05, 3.63) is 49.8 Å². The van der Waals surface area contributed by atoms with Crippen molar-refractivity contribution in [2.75, 3.05) is 20.1 Å². The van der Waals surface area contributed by atoms with Crippen LogP contribution in [0.25, 0.3) is 21.3 Å². The Kier molecular flexibility index (Phi) is 5.58. The fourth-order valence-corrected chi connectivity index (χ4v) is 5.51. The van der Waals surface area contributed by atoms with Crippen LogP contribution in [0.4, 0.5) is 0 Å². The van der Waals surface area contributed by atoms with Crippen LogP contribution in [0.15, 0.2) is 23.0 Å². The molecule has 3 aromatic rings. The third-order valence-corrected chi connectivity index (χ3v) is 7.40. The first kappa shape index (κ1) is 20.6. The van der Waals surface area contributed by atoms with Gasteiger partial charge >= 0.3 is 0 Å². The Morgan fingerprint density at radius 1 is 1.21 bits per heavy atom. The Hall–Kier alpha value is -1.69. The summed E-state index contributed by atoms with van der Waals surface area (Å²) in [5, 5.41) is 1.51. The summed E-state index contributed by atoms with van der Waals surface area (Å²) in [5.41, 5.74) is 3.19. The summed E-state index contributed by atoms with van der Waals surface area (Å²) in [5.74, 6) is 1.12. The number of thiophene rings is 1. The summed E-state index contributed by atoms with van der Waals surface area (Å²) < 4.78 is 2.01. The minimum Gasteiger partial charge on any atom is -0.306 e. The van der Waals surface area contributed by atoms with Gasteiger partial charge in [0.25, 0.3) is 5.56 Å². The molecule has 1 fully saturated rings. The average molecular weight is 430 g/mol. The van der Waals surface area contributed by atoms with Crippen LogP contribution in [-0.2, 0) is 0 Å². The summed E-state index contributed by atoms with van der Waals surface area (Å²) >= 11 is 7.87. The normalized spacial score (nSPS) is 16.2. The summed E-state index contributed by atoms with van der Waals surface area (Å²) in [6, 6.07) is 6.22. The van der Waals surface area contributed by atoms with E-state index in [-0.39, 0.29) is 17.5 Å². The van der Waals surface area contributed by atoms with Gasteiger partial charge in [-0.3, -0.25) is 9.36 Å². The molecule has 0 unspecified atom stereocenters. The Morgan fingerprint density at radius 2 is 1.90 bits per heavy atom. The fourth-order valence-electron chi connectivity index (χ4n) is 4.35. The molecule has 3 heterocycles. The summed E-state index contributed by atoms with van der Waals surface area (Å²) in [6.45, 7) is 10.4. The number of hydrogen-bond acceptors (Lipinski definition) is 4. The molecule has 1 aliphatic rings. The molecule has 29 heavy (non-hydrogen) atoms. The second kappa shape index (κ2) is 7.86. The van der Waals surface area contributed by atoms with Gasteiger partial charge in [0, 0.05) is 27.4 Å². The predicted molar refractivity (Wildman–Crippen MR) is 124 cm³/mol. The van der Waals surface area contributed by atoms with Gasteiger partial charge in [0.05, 0.1) is 5.39 Å². The van der Waals surface area contributed by atoms with Crippen LogP contribution in [0.2, 0.25) is 5.02 Å². The Bertz CT molecular complexity index is 1120. The van der Waals surface area contributed by atoms with Gasteiger partial charge in [-0.1, -0.05) is 31.5 Å². The van der Waals surface area contributed by atoms with E-state index in [4.69, 9.17) is 16.6 Å². The molecule has 154 valence electrons. The zero-order chi connectivity index (χ0) is 20.9. The smallest absolute Gasteiger partial charge is 0.263 e. The lowest BCUT2D eigenvalue weighted by molar-refractivity contribution is 0.215. The number of halogens is 1. The minimum atomic E-state index is 0.111. The van der Waals surface area contributed by atoms with Crippen molar-refractivity contribution >= 4 is 33.2 Å². The molecule has 4 rings (SSSR count). The lowest BCUT2D eigenvalue weighted by Gasteiger charge is -2.32. The number of aromatic nitrogens is 2. The second-order valence-electron chi connectivity index (χ2n) is 8.51. The Balaban J connectivity index is 1.98. The highest BCUT2D eigenvalue weighted by atomic mass is 35.5. The maximum absolute atomic E-state index is 13.9. The van der Waals surface area contributed by atoms with Crippen LogP contribution in [-0.4, -0.2) is 34.6 Å². The first-order chi connectivity index (χ1) is 13.8. The number of aryl methyl sites for hydroxylation is 2. The third-order valence-electron chi connectivity index (χ3n) is 5.98. The van der Waals surface area contributed by atoms with Crippen molar-refractivity contribution in [1.29, 1.82) is 0 Å². The molecular weight excluding hydrogens is 402 g/mol. The molecule has 0 aliphatic carbocycles. The maximum Gasteiger partial charge on any atom is 0.263 e. The zero-order valence-electron chi connectivity index (χ0n) is 17.8. The molecule has 0 saturated carbocycles. The number of benzene rings is 1. The first-order valence-electron chi connectivity index (χ1n) is 10.3. The molecule has 1 aliphatic heterocycles. The van der Waals surface area contributed by atoms with Gasteiger partial charge in [0.1, 0.15) is 10.7 Å². The summed E-state index contributed by atoms with van der Waals surface area (Å²) in [6.07, 6.45) is 1.98. The van der Waals surface area contributed by atoms with Crippen LogP contribution in [0.1, 0.15) is 54.9 Å². The molecule has 4 nitrogen and oxygen atoms in total. The van der Waals surface area contributed by atoms with Crippen molar-refractivity contribution in [1.82, 2.24) is 14.5 Å². The lowest BCUT2D eigenvalue weighted by Crippen LogP contribution is -2.37. The van der Waals surface area contributed by atoms with Gasteiger partial charge in [0.15, 0.2) is 0 Å². The molecule has 1 aromatic carbocycles. The first-order valence-corrected chi connectivity index (χ1v) is 11.5. The third kappa shape index (κ3) is 3.65. The number of likely N-dealkylation sites (tertiary alicyclic amines) is 1. The van der Waals surface area contributed by atoms with Crippen molar-refractivity contribution < 1.29 is 0 Å². The second-order valence-corrected chi connectivity index (χ2v) is 10.1. The van der Waals surface area contributed by atoms with E-state index in [1.807, 2.05) is 23.6 Å². The number of rotatable bonds is 3. The maximum atomic E-state index is 13.9. The van der Waals surface area contributed by atoms with E-state index < -0.39 is 0 Å². The van der Waals surface area contributed by atoms with Gasteiger partial charge in [-0.2, -0.15) is 0 Å². The molecule has 0 N–H and O–H groups in total. The van der Waals surface area contributed by atoms with Crippen LogP contribution in [0.5, 0.6) is 0 Å². The molecule has 6 heteroatoms. The summed E-state index contributed by atoms with van der Waals surface area (Å²) in [4.78, 5) is 23.2. The van der Waals surface area contributed by atoms with E-state index in [9.17, 15) is 4.79 Å². The van der Waals surface area contributed by atoms with E-state index in [1.165, 1.54) is 0 Å². The van der Waals surface area contributed by atoms with Crippen molar-refractivity contribution in [2.45, 2.75) is 52.5 Å². The van der Waals surface area contributed by atoms with E-state index >= 15 is 0 Å².